The molecule has 0 spiro atoms. The van der Waals surface area contributed by atoms with Crippen LogP contribution in [0.15, 0.2) is 41.3 Å². The van der Waals surface area contributed by atoms with Crippen LogP contribution < -0.4 is 14.4 Å². The summed E-state index contributed by atoms with van der Waals surface area (Å²) < 4.78 is 41.1. The molecule has 246 valence electrons. The molecule has 2 aliphatic heterocycles. The van der Waals surface area contributed by atoms with Gasteiger partial charge in [-0.25, -0.2) is 17.9 Å². The van der Waals surface area contributed by atoms with E-state index in [1.54, 1.807) is 17.0 Å². The molecule has 2 amide bonds. The van der Waals surface area contributed by atoms with Crippen molar-refractivity contribution in [3.8, 4) is 5.75 Å². The Kier molecular flexibility index (Phi) is 10.5. The first-order valence-electron chi connectivity index (χ1n) is 16.2. The first kappa shape index (κ1) is 33.4. The Hall–Kier alpha value is -2.98. The summed E-state index contributed by atoms with van der Waals surface area (Å²) in [5.41, 5.74) is 2.41. The minimum absolute atomic E-state index is 0.0181. The SMILES string of the molecule is CC(C)(C)OC(=O)N1CCC(CC(=O)NS(=O)(=O)c2ccc3c(c2)N(CC2CCC2)CCCCc2cc(Cl)ccc2CO3)CC1. The number of carbonyl (C=O) groups excluding carboxylic acids is 2. The van der Waals surface area contributed by atoms with Gasteiger partial charge in [0, 0.05) is 37.6 Å². The van der Waals surface area contributed by atoms with Crippen molar-refractivity contribution in [1.82, 2.24) is 9.62 Å². The number of aryl methyl sites for hydroxylation is 1. The third kappa shape index (κ3) is 9.06. The van der Waals surface area contributed by atoms with Gasteiger partial charge in [0.05, 0.1) is 10.6 Å². The van der Waals surface area contributed by atoms with E-state index in [0.29, 0.717) is 49.2 Å². The first-order valence-corrected chi connectivity index (χ1v) is 18.0. The highest BCUT2D eigenvalue weighted by atomic mass is 35.5. The Morgan fingerprint density at radius 2 is 1.71 bits per heavy atom. The lowest BCUT2D eigenvalue weighted by Gasteiger charge is -2.35. The Balaban J connectivity index is 1.28. The zero-order valence-electron chi connectivity index (χ0n) is 26.6. The van der Waals surface area contributed by atoms with Gasteiger partial charge in [-0.15, -0.1) is 0 Å². The third-order valence-corrected chi connectivity index (χ3v) is 10.6. The zero-order chi connectivity index (χ0) is 32.2. The highest BCUT2D eigenvalue weighted by Crippen LogP contribution is 2.36. The second-order valence-electron chi connectivity index (χ2n) is 13.7. The van der Waals surface area contributed by atoms with E-state index in [9.17, 15) is 18.0 Å². The molecule has 3 aliphatic rings. The van der Waals surface area contributed by atoms with Gasteiger partial charge in [0.1, 0.15) is 18.0 Å². The van der Waals surface area contributed by atoms with E-state index in [4.69, 9.17) is 21.1 Å². The fourth-order valence-corrected chi connectivity index (χ4v) is 7.44. The van der Waals surface area contributed by atoms with Crippen molar-refractivity contribution in [3.63, 3.8) is 0 Å². The molecule has 1 saturated carbocycles. The van der Waals surface area contributed by atoms with Gasteiger partial charge in [-0.1, -0.05) is 24.1 Å². The molecule has 11 heteroatoms. The number of carbonyl (C=O) groups is 2. The number of sulfonamides is 1. The van der Waals surface area contributed by atoms with Crippen molar-refractivity contribution in [1.29, 1.82) is 0 Å². The predicted molar refractivity (Wildman–Crippen MR) is 175 cm³/mol. The van der Waals surface area contributed by atoms with Crippen LogP contribution in [0.5, 0.6) is 5.75 Å². The normalized spacial score (nSPS) is 18.5. The first-order chi connectivity index (χ1) is 21.4. The van der Waals surface area contributed by atoms with Gasteiger partial charge in [0.25, 0.3) is 10.0 Å². The molecule has 5 rings (SSSR count). The maximum absolute atomic E-state index is 13.5. The van der Waals surface area contributed by atoms with Crippen LogP contribution in [0.2, 0.25) is 5.02 Å². The monoisotopic (exact) mass is 659 g/mol. The Labute approximate surface area is 272 Å². The second kappa shape index (κ2) is 14.2. The summed E-state index contributed by atoms with van der Waals surface area (Å²) in [5.74, 6) is 0.635. The van der Waals surface area contributed by atoms with Crippen molar-refractivity contribution in [2.24, 2.45) is 11.8 Å². The molecular weight excluding hydrogens is 614 g/mol. The minimum Gasteiger partial charge on any atom is -0.487 e. The van der Waals surface area contributed by atoms with E-state index in [-0.39, 0.29) is 23.3 Å². The molecule has 0 atom stereocenters. The number of likely N-dealkylation sites (tertiary alicyclic amines) is 1. The number of fused-ring (bicyclic) bond motifs is 2. The lowest BCUT2D eigenvalue weighted by atomic mass is 9.85. The van der Waals surface area contributed by atoms with E-state index in [0.717, 1.165) is 43.6 Å². The highest BCUT2D eigenvalue weighted by Gasteiger charge is 2.30. The number of ether oxygens (including phenoxy) is 2. The summed E-state index contributed by atoms with van der Waals surface area (Å²) in [6.45, 7) is 8.39. The molecule has 2 aromatic rings. The fourth-order valence-electron chi connectivity index (χ4n) is 6.23. The van der Waals surface area contributed by atoms with Crippen LogP contribution in [0.3, 0.4) is 0 Å². The van der Waals surface area contributed by atoms with Crippen molar-refractivity contribution in [2.45, 2.75) is 95.7 Å². The molecule has 2 fully saturated rings. The summed E-state index contributed by atoms with van der Waals surface area (Å²) in [6.07, 6.45) is 7.31. The Bertz CT molecular complexity index is 1480. The fraction of sp³-hybridized carbons (Fsp3) is 0.588. The van der Waals surface area contributed by atoms with Crippen LogP contribution >= 0.6 is 11.6 Å². The van der Waals surface area contributed by atoms with Gasteiger partial charge in [0.15, 0.2) is 0 Å². The molecule has 1 saturated heterocycles. The summed E-state index contributed by atoms with van der Waals surface area (Å²) >= 11 is 6.29. The highest BCUT2D eigenvalue weighted by molar-refractivity contribution is 7.90. The second-order valence-corrected chi connectivity index (χ2v) is 15.8. The number of hydrogen-bond donors (Lipinski definition) is 1. The standard InChI is InChI=1S/C34H46ClN3O6S/c1-34(2,3)44-33(40)37-17-14-24(15-18-37)19-32(39)36-45(41,42)29-12-13-31-30(21-29)38(22-25-7-6-8-25)16-5-4-9-26-20-28(35)11-10-27(26)23-43-31/h10-13,20-21,24-25H,4-9,14-19,22-23H2,1-3H3,(H,36,39). The van der Waals surface area contributed by atoms with E-state index >= 15 is 0 Å². The largest absolute Gasteiger partial charge is 0.487 e. The molecule has 0 bridgehead atoms. The molecule has 0 unspecified atom stereocenters. The molecule has 1 N–H and O–H groups in total. The van der Waals surface area contributed by atoms with Crippen LogP contribution in [0.4, 0.5) is 10.5 Å². The van der Waals surface area contributed by atoms with Crippen molar-refractivity contribution >= 4 is 39.3 Å². The zero-order valence-corrected chi connectivity index (χ0v) is 28.2. The van der Waals surface area contributed by atoms with Gasteiger partial charge >= 0.3 is 6.09 Å². The summed E-state index contributed by atoms with van der Waals surface area (Å²) in [4.78, 5) is 29.3. The van der Waals surface area contributed by atoms with Gasteiger partial charge in [0.2, 0.25) is 5.91 Å². The summed E-state index contributed by atoms with van der Waals surface area (Å²) in [5, 5.41) is 0.707. The van der Waals surface area contributed by atoms with Gasteiger partial charge in [-0.3, -0.25) is 4.79 Å². The van der Waals surface area contributed by atoms with Crippen molar-refractivity contribution in [2.75, 3.05) is 31.1 Å². The van der Waals surface area contributed by atoms with Crippen molar-refractivity contribution in [3.05, 3.63) is 52.5 Å². The molecule has 0 radical (unpaired) electrons. The maximum Gasteiger partial charge on any atom is 0.410 e. The molecule has 45 heavy (non-hydrogen) atoms. The van der Waals surface area contributed by atoms with E-state index in [1.165, 1.54) is 30.9 Å². The molecular formula is C34H46ClN3O6S. The number of hydrogen-bond acceptors (Lipinski definition) is 7. The number of amides is 2. The van der Waals surface area contributed by atoms with Gasteiger partial charge in [-0.2, -0.15) is 0 Å². The number of nitrogens with one attached hydrogen (secondary N) is 1. The smallest absolute Gasteiger partial charge is 0.410 e. The lowest BCUT2D eigenvalue weighted by Crippen LogP contribution is -2.42. The molecule has 1 aliphatic carbocycles. The number of benzene rings is 2. The molecule has 9 nitrogen and oxygen atoms in total. The average molecular weight is 660 g/mol. The number of nitrogens with zero attached hydrogens (tertiary/aromatic N) is 2. The summed E-state index contributed by atoms with van der Waals surface area (Å²) in [6, 6.07) is 10.8. The minimum atomic E-state index is -4.11. The summed E-state index contributed by atoms with van der Waals surface area (Å²) in [7, 11) is -4.11. The van der Waals surface area contributed by atoms with Crippen LogP contribution in [0, 0.1) is 11.8 Å². The Morgan fingerprint density at radius 3 is 2.40 bits per heavy atom. The number of piperidine rings is 1. The molecule has 2 heterocycles. The van der Waals surface area contributed by atoms with E-state index in [1.807, 2.05) is 39.0 Å². The quantitative estimate of drug-likeness (QED) is 0.368. The van der Waals surface area contributed by atoms with Crippen molar-refractivity contribution < 1.29 is 27.5 Å². The van der Waals surface area contributed by atoms with Crippen LogP contribution in [0.1, 0.15) is 83.3 Å². The average Bonchev–Trinajstić information content (AvgIpc) is 2.97. The van der Waals surface area contributed by atoms with Gasteiger partial charge in [-0.05, 0) is 119 Å². The number of halogens is 1. The maximum atomic E-state index is 13.5. The topological polar surface area (TPSA) is 105 Å². The molecule has 2 aromatic carbocycles. The van der Waals surface area contributed by atoms with E-state index < -0.39 is 21.5 Å². The van der Waals surface area contributed by atoms with Gasteiger partial charge < -0.3 is 19.3 Å². The van der Waals surface area contributed by atoms with Crippen LogP contribution in [-0.4, -0.2) is 57.1 Å². The number of anilines is 1. The van der Waals surface area contributed by atoms with Crippen LogP contribution in [0.25, 0.3) is 0 Å². The Morgan fingerprint density at radius 1 is 0.956 bits per heavy atom. The number of rotatable bonds is 6. The van der Waals surface area contributed by atoms with Crippen LogP contribution in [-0.2, 0) is 32.6 Å². The predicted octanol–water partition coefficient (Wildman–Crippen LogP) is 6.70. The van der Waals surface area contributed by atoms with E-state index in [2.05, 4.69) is 9.62 Å². The third-order valence-electron chi connectivity index (χ3n) is 8.95. The molecule has 0 aromatic heterocycles. The lowest BCUT2D eigenvalue weighted by molar-refractivity contribution is -0.120.